The minimum atomic E-state index is -3.45. The fraction of sp³-hybridized carbons (Fsp3) is 0.263. The van der Waals surface area contributed by atoms with E-state index in [1.165, 1.54) is 7.11 Å². The molecule has 1 aromatic heterocycles. The standard InChI is InChI=1S/C38H36N4O6S/c1-4-5-18-48-31-15-16-32(25(2)20-31)36-27(23-41(40-36)28-9-7-6-8-10-28)21-33-35(26-11-13-30(47-3)14-12-26)34(22-39)38(44)42(37(33)43)29-17-19-49(45,46)24-29/h6-16,20-21,23,29H,4-5,17-19,24H2,1-3H3/b33-21-. The molecule has 0 bridgehead atoms. The first-order valence-electron chi connectivity index (χ1n) is 16.1. The van der Waals surface area contributed by atoms with Gasteiger partial charge in [-0.15, -0.1) is 0 Å². The van der Waals surface area contributed by atoms with Crippen LogP contribution in [0.5, 0.6) is 11.5 Å². The molecule has 250 valence electrons. The minimum absolute atomic E-state index is 0.0802. The lowest BCUT2D eigenvalue weighted by Gasteiger charge is -2.32. The van der Waals surface area contributed by atoms with E-state index in [1.807, 2.05) is 61.5 Å². The number of carbonyl (C=O) groups is 2. The first-order chi connectivity index (χ1) is 23.6. The summed E-state index contributed by atoms with van der Waals surface area (Å²) in [7, 11) is -1.93. The highest BCUT2D eigenvalue weighted by molar-refractivity contribution is 7.91. The number of nitrogens with zero attached hydrogens (tertiary/aromatic N) is 4. The predicted molar refractivity (Wildman–Crippen MR) is 187 cm³/mol. The number of hydrogen-bond donors (Lipinski definition) is 0. The maximum Gasteiger partial charge on any atom is 0.272 e. The van der Waals surface area contributed by atoms with Crippen molar-refractivity contribution < 1.29 is 27.5 Å². The quantitative estimate of drug-likeness (QED) is 0.114. The number of carbonyl (C=O) groups excluding carboxylic acids is 2. The number of amides is 2. The Bertz CT molecular complexity index is 2130. The molecule has 4 aromatic rings. The van der Waals surface area contributed by atoms with E-state index in [0.29, 0.717) is 29.2 Å². The van der Waals surface area contributed by atoms with Crippen molar-refractivity contribution >= 4 is 33.3 Å². The van der Waals surface area contributed by atoms with Crippen LogP contribution in [0.1, 0.15) is 42.9 Å². The van der Waals surface area contributed by atoms with E-state index in [9.17, 15) is 23.3 Å². The van der Waals surface area contributed by atoms with Crippen molar-refractivity contribution in [1.29, 1.82) is 5.26 Å². The average Bonchev–Trinajstić information content (AvgIpc) is 3.69. The number of ether oxygens (including phenoxy) is 2. The van der Waals surface area contributed by atoms with Crippen LogP contribution in [0, 0.1) is 18.3 Å². The van der Waals surface area contributed by atoms with Gasteiger partial charge in [-0.1, -0.05) is 43.7 Å². The molecule has 11 heteroatoms. The van der Waals surface area contributed by atoms with Gasteiger partial charge in [-0.25, -0.2) is 13.1 Å². The summed E-state index contributed by atoms with van der Waals surface area (Å²) in [5.41, 5.74) is 4.08. The zero-order chi connectivity index (χ0) is 34.7. The number of sulfone groups is 1. The number of para-hydroxylation sites is 1. The van der Waals surface area contributed by atoms with Gasteiger partial charge in [-0.2, -0.15) is 10.4 Å². The van der Waals surface area contributed by atoms with E-state index in [-0.39, 0.29) is 34.6 Å². The van der Waals surface area contributed by atoms with Crippen molar-refractivity contribution in [2.24, 2.45) is 0 Å². The van der Waals surface area contributed by atoms with Crippen LogP contribution < -0.4 is 9.47 Å². The Kier molecular flexibility index (Phi) is 9.51. The monoisotopic (exact) mass is 676 g/mol. The third-order valence-electron chi connectivity index (χ3n) is 8.75. The van der Waals surface area contributed by atoms with Crippen LogP contribution in [-0.4, -0.2) is 66.2 Å². The van der Waals surface area contributed by atoms with Gasteiger partial charge >= 0.3 is 0 Å². The van der Waals surface area contributed by atoms with Gasteiger partial charge in [0.05, 0.1) is 42.5 Å². The highest BCUT2D eigenvalue weighted by atomic mass is 32.2. The van der Waals surface area contributed by atoms with Crippen molar-refractivity contribution in [1.82, 2.24) is 14.7 Å². The first-order valence-corrected chi connectivity index (χ1v) is 17.9. The van der Waals surface area contributed by atoms with Gasteiger partial charge in [0.15, 0.2) is 9.84 Å². The summed E-state index contributed by atoms with van der Waals surface area (Å²) >= 11 is 0. The molecule has 3 aromatic carbocycles. The summed E-state index contributed by atoms with van der Waals surface area (Å²) in [4.78, 5) is 29.3. The highest BCUT2D eigenvalue weighted by Crippen LogP contribution is 2.39. The van der Waals surface area contributed by atoms with E-state index >= 15 is 0 Å². The second kappa shape index (κ2) is 13.9. The predicted octanol–water partition coefficient (Wildman–Crippen LogP) is 5.95. The molecule has 6 rings (SSSR count). The van der Waals surface area contributed by atoms with Gasteiger partial charge in [0, 0.05) is 22.9 Å². The molecule has 2 amide bonds. The number of aromatic nitrogens is 2. The van der Waals surface area contributed by atoms with E-state index < -0.39 is 27.7 Å². The molecule has 2 aliphatic rings. The smallest absolute Gasteiger partial charge is 0.272 e. The maximum atomic E-state index is 14.5. The molecular formula is C38H36N4O6S. The number of methoxy groups -OCH3 is 1. The molecule has 1 fully saturated rings. The zero-order valence-electron chi connectivity index (χ0n) is 27.5. The van der Waals surface area contributed by atoms with Crippen molar-refractivity contribution in [3.63, 3.8) is 0 Å². The molecule has 1 saturated heterocycles. The van der Waals surface area contributed by atoms with Gasteiger partial charge in [-0.3, -0.25) is 14.5 Å². The number of benzene rings is 3. The molecular weight excluding hydrogens is 641 g/mol. The molecule has 10 nitrogen and oxygen atoms in total. The summed E-state index contributed by atoms with van der Waals surface area (Å²) in [6, 6.07) is 23.2. The first kappa shape index (κ1) is 33.4. The molecule has 49 heavy (non-hydrogen) atoms. The maximum absolute atomic E-state index is 14.5. The molecule has 0 radical (unpaired) electrons. The number of aryl methyl sites for hydroxylation is 1. The SMILES string of the molecule is CCCCOc1ccc(-c2nn(-c3ccccc3)cc2/C=C2\C(=O)N(C3CCS(=O)(=O)C3)C(=O)C(C#N)=C2c2ccc(OC)cc2)c(C)c1. The zero-order valence-corrected chi connectivity index (χ0v) is 28.4. The molecule has 2 aliphatic heterocycles. The third-order valence-corrected chi connectivity index (χ3v) is 10.5. The molecule has 1 unspecified atom stereocenters. The van der Waals surface area contributed by atoms with Crippen molar-refractivity contribution in [2.75, 3.05) is 25.2 Å². The third kappa shape index (κ3) is 6.78. The lowest BCUT2D eigenvalue weighted by Crippen LogP contribution is -2.49. The largest absolute Gasteiger partial charge is 0.497 e. The van der Waals surface area contributed by atoms with Gasteiger partial charge in [0.2, 0.25) is 0 Å². The van der Waals surface area contributed by atoms with E-state index in [4.69, 9.17) is 14.6 Å². The average molecular weight is 677 g/mol. The van der Waals surface area contributed by atoms with Crippen LogP contribution in [0.2, 0.25) is 0 Å². The van der Waals surface area contributed by atoms with Crippen LogP contribution in [0.4, 0.5) is 0 Å². The number of hydrogen-bond acceptors (Lipinski definition) is 8. The number of imide groups is 1. The van der Waals surface area contributed by atoms with Crippen molar-refractivity contribution in [3.8, 4) is 34.5 Å². The Hall–Kier alpha value is -5.47. The Morgan fingerprint density at radius 1 is 1.02 bits per heavy atom. The Morgan fingerprint density at radius 3 is 2.39 bits per heavy atom. The summed E-state index contributed by atoms with van der Waals surface area (Å²) in [6.07, 6.45) is 5.51. The summed E-state index contributed by atoms with van der Waals surface area (Å²) in [5, 5.41) is 15.3. The van der Waals surface area contributed by atoms with Crippen molar-refractivity contribution in [2.45, 2.75) is 39.2 Å². The van der Waals surface area contributed by atoms with E-state index in [1.54, 1.807) is 41.2 Å². The van der Waals surface area contributed by atoms with Crippen molar-refractivity contribution in [3.05, 3.63) is 107 Å². The van der Waals surface area contributed by atoms with E-state index in [2.05, 4.69) is 6.92 Å². The lowest BCUT2D eigenvalue weighted by atomic mass is 9.86. The Balaban J connectivity index is 1.56. The van der Waals surface area contributed by atoms with Crippen LogP contribution in [0.15, 0.2) is 90.1 Å². The second-order valence-electron chi connectivity index (χ2n) is 12.1. The summed E-state index contributed by atoms with van der Waals surface area (Å²) in [5.74, 6) is -0.681. The minimum Gasteiger partial charge on any atom is -0.497 e. The fourth-order valence-corrected chi connectivity index (χ4v) is 7.89. The molecule has 1 atom stereocenters. The second-order valence-corrected chi connectivity index (χ2v) is 14.3. The van der Waals surface area contributed by atoms with Crippen LogP contribution in [0.3, 0.4) is 0 Å². The number of unbranched alkanes of at least 4 members (excludes halogenated alkanes) is 1. The molecule has 3 heterocycles. The topological polar surface area (TPSA) is 132 Å². The van der Waals surface area contributed by atoms with Crippen LogP contribution in [-0.2, 0) is 19.4 Å². The van der Waals surface area contributed by atoms with Crippen LogP contribution in [0.25, 0.3) is 28.6 Å². The lowest BCUT2D eigenvalue weighted by molar-refractivity contribution is -0.142. The summed E-state index contributed by atoms with van der Waals surface area (Å²) in [6.45, 7) is 4.67. The summed E-state index contributed by atoms with van der Waals surface area (Å²) < 4.78 is 37.9. The highest BCUT2D eigenvalue weighted by Gasteiger charge is 2.45. The molecule has 0 saturated carbocycles. The van der Waals surface area contributed by atoms with Gasteiger partial charge in [-0.05, 0) is 79.4 Å². The van der Waals surface area contributed by atoms with E-state index in [0.717, 1.165) is 40.3 Å². The number of rotatable bonds is 10. The van der Waals surface area contributed by atoms with Gasteiger partial charge in [0.1, 0.15) is 28.8 Å². The van der Waals surface area contributed by atoms with Crippen LogP contribution >= 0.6 is 0 Å². The molecule has 0 spiro atoms. The van der Waals surface area contributed by atoms with Gasteiger partial charge < -0.3 is 9.47 Å². The number of nitriles is 1. The Morgan fingerprint density at radius 2 is 1.76 bits per heavy atom. The van der Waals surface area contributed by atoms with Gasteiger partial charge in [0.25, 0.3) is 11.8 Å². The Labute approximate surface area is 285 Å². The normalized spacial score (nSPS) is 18.2. The molecule has 0 aliphatic carbocycles. The fourth-order valence-electron chi connectivity index (χ4n) is 6.19. The molecule has 0 N–H and O–H groups in total.